The summed E-state index contributed by atoms with van der Waals surface area (Å²) in [5, 5.41) is 12.2. The van der Waals surface area contributed by atoms with Gasteiger partial charge in [-0.05, 0) is 32.3 Å². The van der Waals surface area contributed by atoms with Gasteiger partial charge in [0.25, 0.3) is 0 Å². The molecule has 3 heterocycles. The lowest BCUT2D eigenvalue weighted by atomic mass is 10.0. The summed E-state index contributed by atoms with van der Waals surface area (Å²) >= 11 is 0. The first-order valence-corrected chi connectivity index (χ1v) is 11.4. The Hall–Kier alpha value is -3.18. The van der Waals surface area contributed by atoms with Crippen molar-refractivity contribution in [1.82, 2.24) is 25.1 Å². The first-order chi connectivity index (χ1) is 15.5. The molecule has 2 aliphatic rings. The Morgan fingerprint density at radius 2 is 1.78 bits per heavy atom. The number of hydrogen-bond acceptors (Lipinski definition) is 6. The van der Waals surface area contributed by atoms with E-state index < -0.39 is 0 Å². The number of urea groups is 1. The maximum Gasteiger partial charge on any atom is 0.317 e. The van der Waals surface area contributed by atoms with Crippen molar-refractivity contribution in [2.75, 3.05) is 31.1 Å². The van der Waals surface area contributed by atoms with Gasteiger partial charge in [0.05, 0.1) is 18.0 Å². The Morgan fingerprint density at radius 3 is 2.44 bits per heavy atom. The van der Waals surface area contributed by atoms with E-state index in [2.05, 4.69) is 63.2 Å². The zero-order valence-electron chi connectivity index (χ0n) is 18.8. The summed E-state index contributed by atoms with van der Waals surface area (Å²) in [5.74, 6) is 0.606. The second-order valence-corrected chi connectivity index (χ2v) is 8.87. The highest BCUT2D eigenvalue weighted by Crippen LogP contribution is 2.21. The normalized spacial score (nSPS) is 22.4. The van der Waals surface area contributed by atoms with E-state index in [1.807, 2.05) is 17.0 Å². The van der Waals surface area contributed by atoms with Crippen LogP contribution in [0.4, 0.5) is 10.7 Å². The Kier molecular flexibility index (Phi) is 6.86. The van der Waals surface area contributed by atoms with Crippen LogP contribution in [0.5, 0.6) is 0 Å². The molecule has 2 amide bonds. The van der Waals surface area contributed by atoms with Gasteiger partial charge in [-0.25, -0.2) is 14.8 Å². The Bertz CT molecular complexity index is 935. The second-order valence-electron chi connectivity index (χ2n) is 8.87. The fraction of sp³-hybridized carbons (Fsp3) is 0.500. The molecule has 2 aliphatic heterocycles. The zero-order chi connectivity index (χ0) is 22.5. The Balaban J connectivity index is 1.27. The van der Waals surface area contributed by atoms with E-state index in [1.165, 1.54) is 5.56 Å². The molecular formula is C24H31N7O. The summed E-state index contributed by atoms with van der Waals surface area (Å²) in [4.78, 5) is 28.2. The number of carbonyl (C=O) groups excluding carboxylic acids is 1. The molecule has 0 spiro atoms. The van der Waals surface area contributed by atoms with Crippen molar-refractivity contribution in [1.29, 1.82) is 5.26 Å². The van der Waals surface area contributed by atoms with Crippen molar-refractivity contribution in [3.63, 3.8) is 0 Å². The number of nitrogens with one attached hydrogen (secondary N) is 1. The third-order valence-electron chi connectivity index (χ3n) is 6.44. The average Bonchev–Trinajstić information content (AvgIpc) is 2.82. The Morgan fingerprint density at radius 1 is 1.09 bits per heavy atom. The third-order valence-corrected chi connectivity index (χ3v) is 6.44. The highest BCUT2D eigenvalue weighted by Gasteiger charge is 2.34. The van der Waals surface area contributed by atoms with Crippen LogP contribution in [0.1, 0.15) is 37.8 Å². The zero-order valence-corrected chi connectivity index (χ0v) is 18.8. The minimum atomic E-state index is 0.0197. The van der Waals surface area contributed by atoms with Gasteiger partial charge >= 0.3 is 6.03 Å². The van der Waals surface area contributed by atoms with Crippen LogP contribution in [0, 0.1) is 11.3 Å². The number of benzene rings is 1. The standard InChI is InChI=1S/C24H31N7O/c1-18-16-31(19(2)15-30(18)23-26-13-21(12-25)14-27-23)24(32)28-22-8-10-29(11-9-22)17-20-6-4-3-5-7-20/h3-7,13-14,18-19,22H,8-11,15-17H2,1-2H3,(H,28,32)/t18-,19+/m0/s1. The maximum atomic E-state index is 13.0. The van der Waals surface area contributed by atoms with Crippen molar-refractivity contribution < 1.29 is 4.79 Å². The molecule has 0 saturated carbocycles. The maximum absolute atomic E-state index is 13.0. The van der Waals surface area contributed by atoms with Gasteiger partial charge in [0, 0.05) is 50.8 Å². The number of piperazine rings is 1. The van der Waals surface area contributed by atoms with Gasteiger partial charge in [0.2, 0.25) is 5.95 Å². The number of rotatable bonds is 4. The smallest absolute Gasteiger partial charge is 0.317 e. The predicted octanol–water partition coefficient (Wildman–Crippen LogP) is 2.62. The summed E-state index contributed by atoms with van der Waals surface area (Å²) < 4.78 is 0. The van der Waals surface area contributed by atoms with Crippen LogP contribution in [0.2, 0.25) is 0 Å². The van der Waals surface area contributed by atoms with E-state index in [1.54, 1.807) is 12.4 Å². The fourth-order valence-electron chi connectivity index (χ4n) is 4.55. The Labute approximate surface area is 189 Å². The molecule has 4 rings (SSSR count). The van der Waals surface area contributed by atoms with Gasteiger partial charge in [-0.3, -0.25) is 4.90 Å². The van der Waals surface area contributed by atoms with E-state index in [0.717, 1.165) is 32.5 Å². The number of amides is 2. The van der Waals surface area contributed by atoms with Crippen LogP contribution in [0.3, 0.4) is 0 Å². The number of hydrogen-bond donors (Lipinski definition) is 1. The molecule has 2 fully saturated rings. The molecule has 0 aliphatic carbocycles. The van der Waals surface area contributed by atoms with Crippen molar-refractivity contribution in [3.8, 4) is 6.07 Å². The van der Waals surface area contributed by atoms with E-state index in [4.69, 9.17) is 5.26 Å². The van der Waals surface area contributed by atoms with Gasteiger partial charge in [-0.15, -0.1) is 0 Å². The second kappa shape index (κ2) is 9.96. The summed E-state index contributed by atoms with van der Waals surface area (Å²) in [6.45, 7) is 8.38. The molecule has 2 aromatic rings. The van der Waals surface area contributed by atoms with Crippen LogP contribution in [0.15, 0.2) is 42.7 Å². The molecule has 2 saturated heterocycles. The van der Waals surface area contributed by atoms with E-state index in [9.17, 15) is 4.79 Å². The summed E-state index contributed by atoms with van der Waals surface area (Å²) in [6, 6.07) is 13.0. The van der Waals surface area contributed by atoms with Crippen molar-refractivity contribution in [2.45, 2.75) is 51.4 Å². The lowest BCUT2D eigenvalue weighted by Crippen LogP contribution is -2.61. The lowest BCUT2D eigenvalue weighted by molar-refractivity contribution is 0.145. The number of likely N-dealkylation sites (tertiary alicyclic amines) is 1. The van der Waals surface area contributed by atoms with Gasteiger partial charge in [-0.2, -0.15) is 5.26 Å². The van der Waals surface area contributed by atoms with Crippen LogP contribution >= 0.6 is 0 Å². The van der Waals surface area contributed by atoms with Crippen LogP contribution in [-0.2, 0) is 6.54 Å². The average molecular weight is 434 g/mol. The van der Waals surface area contributed by atoms with Gasteiger partial charge in [0.1, 0.15) is 6.07 Å². The number of piperidine rings is 1. The number of aromatic nitrogens is 2. The molecule has 0 unspecified atom stereocenters. The molecule has 32 heavy (non-hydrogen) atoms. The molecule has 0 radical (unpaired) electrons. The molecule has 1 aromatic carbocycles. The van der Waals surface area contributed by atoms with Crippen molar-refractivity contribution >= 4 is 12.0 Å². The number of nitriles is 1. The quantitative estimate of drug-likeness (QED) is 0.797. The summed E-state index contributed by atoms with van der Waals surface area (Å²) in [6.07, 6.45) is 5.04. The van der Waals surface area contributed by atoms with Gasteiger partial charge in [0.15, 0.2) is 0 Å². The number of carbonyl (C=O) groups is 1. The lowest BCUT2D eigenvalue weighted by Gasteiger charge is -2.44. The summed E-state index contributed by atoms with van der Waals surface area (Å²) in [7, 11) is 0. The first-order valence-electron chi connectivity index (χ1n) is 11.4. The van der Waals surface area contributed by atoms with Crippen LogP contribution in [0.25, 0.3) is 0 Å². The molecule has 8 heteroatoms. The minimum Gasteiger partial charge on any atom is -0.335 e. The van der Waals surface area contributed by atoms with Gasteiger partial charge < -0.3 is 15.1 Å². The number of nitrogens with zero attached hydrogens (tertiary/aromatic N) is 6. The summed E-state index contributed by atoms with van der Waals surface area (Å²) in [5.41, 5.74) is 1.78. The highest BCUT2D eigenvalue weighted by molar-refractivity contribution is 5.75. The molecule has 0 bridgehead atoms. The minimum absolute atomic E-state index is 0.0197. The SMILES string of the molecule is C[C@@H]1CN(c2ncc(C#N)cn2)[C@@H](C)CN1C(=O)NC1CCN(Cc2ccccc2)CC1. The first kappa shape index (κ1) is 22.0. The highest BCUT2D eigenvalue weighted by atomic mass is 16.2. The molecule has 168 valence electrons. The number of anilines is 1. The fourth-order valence-corrected chi connectivity index (χ4v) is 4.55. The van der Waals surface area contributed by atoms with Crippen LogP contribution < -0.4 is 10.2 Å². The van der Waals surface area contributed by atoms with Crippen molar-refractivity contribution in [2.24, 2.45) is 0 Å². The van der Waals surface area contributed by atoms with Crippen LogP contribution in [-0.4, -0.2) is 70.1 Å². The largest absolute Gasteiger partial charge is 0.335 e. The topological polar surface area (TPSA) is 88.4 Å². The molecule has 1 N–H and O–H groups in total. The molecular weight excluding hydrogens is 402 g/mol. The van der Waals surface area contributed by atoms with E-state index in [-0.39, 0.29) is 24.2 Å². The predicted molar refractivity (Wildman–Crippen MR) is 123 cm³/mol. The van der Waals surface area contributed by atoms with E-state index >= 15 is 0 Å². The monoisotopic (exact) mass is 433 g/mol. The van der Waals surface area contributed by atoms with E-state index in [0.29, 0.717) is 24.6 Å². The third kappa shape index (κ3) is 5.17. The van der Waals surface area contributed by atoms with Crippen molar-refractivity contribution in [3.05, 3.63) is 53.9 Å². The van der Waals surface area contributed by atoms with Gasteiger partial charge in [-0.1, -0.05) is 30.3 Å². The molecule has 2 atom stereocenters. The molecule has 1 aromatic heterocycles. The molecule has 8 nitrogen and oxygen atoms in total.